The second-order valence-electron chi connectivity index (χ2n) is 4.44. The molecule has 0 aliphatic rings. The lowest BCUT2D eigenvalue weighted by molar-refractivity contribution is 0.0921. The highest BCUT2D eigenvalue weighted by Crippen LogP contribution is 2.24. The Morgan fingerprint density at radius 3 is 2.48 bits per heavy atom. The molecule has 0 aliphatic carbocycles. The number of ketones is 1. The van der Waals surface area contributed by atoms with Crippen LogP contribution in [0.2, 0.25) is 15.1 Å². The highest BCUT2D eigenvalue weighted by molar-refractivity contribution is 6.36. The average molecular weight is 344 g/mol. The van der Waals surface area contributed by atoms with Crippen LogP contribution in [0.15, 0.2) is 36.4 Å². The zero-order valence-corrected chi connectivity index (χ0v) is 13.6. The van der Waals surface area contributed by atoms with Crippen molar-refractivity contribution in [2.24, 2.45) is 0 Å². The summed E-state index contributed by atoms with van der Waals surface area (Å²) in [5.74, 6) is 0.402. The van der Waals surface area contributed by atoms with E-state index in [0.717, 1.165) is 12.0 Å². The number of carbonyl (C=O) groups excluding carboxylic acids is 1. The van der Waals surface area contributed by atoms with Crippen LogP contribution in [0, 0.1) is 0 Å². The van der Waals surface area contributed by atoms with Gasteiger partial charge < -0.3 is 4.74 Å². The minimum Gasteiger partial charge on any atom is -0.485 e. The molecule has 5 heteroatoms. The fourth-order valence-corrected chi connectivity index (χ4v) is 2.62. The van der Waals surface area contributed by atoms with Crippen molar-refractivity contribution in [2.45, 2.75) is 13.3 Å². The predicted molar refractivity (Wildman–Crippen MR) is 87.1 cm³/mol. The lowest BCUT2D eigenvalue weighted by Gasteiger charge is -2.09. The predicted octanol–water partition coefficient (Wildman–Crippen LogP) is 5.47. The molecule has 0 heterocycles. The lowest BCUT2D eigenvalue weighted by Crippen LogP contribution is -2.12. The maximum Gasteiger partial charge on any atom is 0.201 e. The van der Waals surface area contributed by atoms with Gasteiger partial charge in [-0.1, -0.05) is 41.7 Å². The SMILES string of the molecule is CCc1cc(OCC(=O)c2ccc(Cl)cc2Cl)ccc1Cl. The molecule has 2 aromatic rings. The van der Waals surface area contributed by atoms with Crippen molar-refractivity contribution in [1.82, 2.24) is 0 Å². The van der Waals surface area contributed by atoms with Crippen LogP contribution >= 0.6 is 34.8 Å². The van der Waals surface area contributed by atoms with E-state index in [9.17, 15) is 4.79 Å². The van der Waals surface area contributed by atoms with Crippen molar-refractivity contribution in [3.8, 4) is 5.75 Å². The van der Waals surface area contributed by atoms with Crippen LogP contribution in [0.5, 0.6) is 5.75 Å². The summed E-state index contributed by atoms with van der Waals surface area (Å²) in [6, 6.07) is 10.1. The molecule has 110 valence electrons. The minimum absolute atomic E-state index is 0.0911. The molecule has 2 aromatic carbocycles. The molecular formula is C16H13Cl3O2. The molecule has 0 atom stereocenters. The number of rotatable bonds is 5. The smallest absolute Gasteiger partial charge is 0.201 e. The van der Waals surface area contributed by atoms with Crippen LogP contribution in [-0.4, -0.2) is 12.4 Å². The fourth-order valence-electron chi connectivity index (χ4n) is 1.85. The molecular weight excluding hydrogens is 331 g/mol. The third-order valence-corrected chi connectivity index (χ3v) is 3.92. The number of hydrogen-bond acceptors (Lipinski definition) is 2. The highest BCUT2D eigenvalue weighted by atomic mass is 35.5. The van der Waals surface area contributed by atoms with E-state index in [2.05, 4.69) is 0 Å². The van der Waals surface area contributed by atoms with E-state index in [4.69, 9.17) is 39.5 Å². The van der Waals surface area contributed by atoms with Crippen molar-refractivity contribution in [2.75, 3.05) is 6.61 Å². The molecule has 0 radical (unpaired) electrons. The van der Waals surface area contributed by atoms with Crippen LogP contribution in [-0.2, 0) is 6.42 Å². The van der Waals surface area contributed by atoms with Crippen LogP contribution in [0.25, 0.3) is 0 Å². The number of halogens is 3. The van der Waals surface area contributed by atoms with Gasteiger partial charge in [0.2, 0.25) is 5.78 Å². The van der Waals surface area contributed by atoms with Gasteiger partial charge in [-0.2, -0.15) is 0 Å². The second-order valence-corrected chi connectivity index (χ2v) is 5.69. The molecule has 0 N–H and O–H groups in total. The first-order chi connectivity index (χ1) is 10.0. The van der Waals surface area contributed by atoms with Crippen LogP contribution < -0.4 is 4.74 Å². The second kappa shape index (κ2) is 7.17. The first-order valence-electron chi connectivity index (χ1n) is 6.40. The van der Waals surface area contributed by atoms with Gasteiger partial charge in [0.1, 0.15) is 5.75 Å². The summed E-state index contributed by atoms with van der Waals surface area (Å²) >= 11 is 17.8. The summed E-state index contributed by atoms with van der Waals surface area (Å²) in [5, 5.41) is 1.50. The number of hydrogen-bond donors (Lipinski definition) is 0. The third-order valence-electron chi connectivity index (χ3n) is 3.00. The van der Waals surface area contributed by atoms with Crippen LogP contribution in [0.4, 0.5) is 0 Å². The van der Waals surface area contributed by atoms with Gasteiger partial charge in [-0.05, 0) is 48.4 Å². The first kappa shape index (κ1) is 16.2. The monoisotopic (exact) mass is 342 g/mol. The standard InChI is InChI=1S/C16H13Cl3O2/c1-2-10-7-12(4-6-14(10)18)21-9-16(20)13-5-3-11(17)8-15(13)19/h3-8H,2,9H2,1H3. The Kier molecular flexibility index (Phi) is 5.51. The molecule has 0 unspecified atom stereocenters. The van der Waals surface area contributed by atoms with Gasteiger partial charge in [0.05, 0.1) is 5.02 Å². The summed E-state index contributed by atoms with van der Waals surface area (Å²) in [5.41, 5.74) is 1.37. The minimum atomic E-state index is -0.204. The number of aryl methyl sites for hydroxylation is 1. The van der Waals surface area contributed by atoms with Crippen molar-refractivity contribution in [3.05, 3.63) is 62.6 Å². The van der Waals surface area contributed by atoms with Gasteiger partial charge in [-0.25, -0.2) is 0 Å². The van der Waals surface area contributed by atoms with Crippen molar-refractivity contribution >= 4 is 40.6 Å². The topological polar surface area (TPSA) is 26.3 Å². The van der Waals surface area contributed by atoms with Gasteiger partial charge in [-0.3, -0.25) is 4.79 Å². The number of carbonyl (C=O) groups is 1. The Morgan fingerprint density at radius 1 is 1.05 bits per heavy atom. The van der Waals surface area contributed by atoms with Crippen molar-refractivity contribution < 1.29 is 9.53 Å². The highest BCUT2D eigenvalue weighted by Gasteiger charge is 2.12. The van der Waals surface area contributed by atoms with Crippen LogP contribution in [0.1, 0.15) is 22.8 Å². The van der Waals surface area contributed by atoms with E-state index in [1.54, 1.807) is 24.3 Å². The van der Waals surface area contributed by atoms with Gasteiger partial charge in [0.15, 0.2) is 6.61 Å². The van der Waals surface area contributed by atoms with E-state index < -0.39 is 0 Å². The van der Waals surface area contributed by atoms with Gasteiger partial charge >= 0.3 is 0 Å². The number of Topliss-reactive ketones (excluding diaryl/α,β-unsaturated/α-hetero) is 1. The molecule has 2 rings (SSSR count). The Bertz CT molecular complexity index is 669. The summed E-state index contributed by atoms with van der Waals surface area (Å²) in [6.07, 6.45) is 0.799. The fraction of sp³-hybridized carbons (Fsp3) is 0.188. The Morgan fingerprint density at radius 2 is 1.81 bits per heavy atom. The summed E-state index contributed by atoms with van der Waals surface area (Å²) in [7, 11) is 0. The molecule has 21 heavy (non-hydrogen) atoms. The summed E-state index contributed by atoms with van der Waals surface area (Å²) in [6.45, 7) is 1.91. The Labute approximate surface area is 138 Å². The van der Waals surface area contributed by atoms with Crippen molar-refractivity contribution in [3.63, 3.8) is 0 Å². The molecule has 0 aromatic heterocycles. The molecule has 0 fully saturated rings. The molecule has 0 aliphatic heterocycles. The van der Waals surface area contributed by atoms with E-state index in [1.807, 2.05) is 13.0 Å². The van der Waals surface area contributed by atoms with Gasteiger partial charge in [0.25, 0.3) is 0 Å². The largest absolute Gasteiger partial charge is 0.485 e. The summed E-state index contributed by atoms with van der Waals surface area (Å²) in [4.78, 5) is 12.1. The van der Waals surface area contributed by atoms with E-state index in [-0.39, 0.29) is 12.4 Å². The molecule has 0 bridgehead atoms. The molecule has 0 saturated heterocycles. The van der Waals surface area contributed by atoms with E-state index in [0.29, 0.717) is 26.4 Å². The van der Waals surface area contributed by atoms with Gasteiger partial charge in [-0.15, -0.1) is 0 Å². The molecule has 0 saturated carbocycles. The Hall–Kier alpha value is -1.22. The van der Waals surface area contributed by atoms with Crippen LogP contribution in [0.3, 0.4) is 0 Å². The summed E-state index contributed by atoms with van der Waals surface area (Å²) < 4.78 is 5.51. The van der Waals surface area contributed by atoms with Gasteiger partial charge in [0, 0.05) is 15.6 Å². The Balaban J connectivity index is 2.07. The average Bonchev–Trinajstić information content (AvgIpc) is 2.46. The zero-order valence-electron chi connectivity index (χ0n) is 11.3. The lowest BCUT2D eigenvalue weighted by atomic mass is 10.1. The maximum atomic E-state index is 12.1. The first-order valence-corrected chi connectivity index (χ1v) is 7.54. The number of ether oxygens (including phenoxy) is 1. The zero-order chi connectivity index (χ0) is 15.4. The molecule has 2 nitrogen and oxygen atoms in total. The normalized spacial score (nSPS) is 10.5. The van der Waals surface area contributed by atoms with E-state index >= 15 is 0 Å². The van der Waals surface area contributed by atoms with Crippen molar-refractivity contribution in [1.29, 1.82) is 0 Å². The molecule has 0 amide bonds. The quantitative estimate of drug-likeness (QED) is 0.673. The maximum absolute atomic E-state index is 12.1. The molecule has 0 spiro atoms. The third kappa shape index (κ3) is 4.13. The number of benzene rings is 2. The van der Waals surface area contributed by atoms with E-state index in [1.165, 1.54) is 6.07 Å².